The molecule has 2 aromatic carbocycles. The van der Waals surface area contributed by atoms with E-state index in [1.54, 1.807) is 13.2 Å². The quantitative estimate of drug-likeness (QED) is 0.813. The molecule has 2 aromatic rings. The molecule has 0 atom stereocenters. The number of ether oxygens (including phenoxy) is 2. The molecule has 21 heavy (non-hydrogen) atoms. The van der Waals surface area contributed by atoms with Crippen molar-refractivity contribution in [1.82, 2.24) is 0 Å². The number of rotatable bonds is 5. The van der Waals surface area contributed by atoms with Crippen LogP contribution in [0.1, 0.15) is 11.1 Å². The lowest BCUT2D eigenvalue weighted by Gasteiger charge is -2.11. The summed E-state index contributed by atoms with van der Waals surface area (Å²) in [4.78, 5) is 0.0210. The lowest BCUT2D eigenvalue weighted by Crippen LogP contribution is -2.11. The van der Waals surface area contributed by atoms with Gasteiger partial charge in [0.2, 0.25) is 0 Å². The molecule has 0 unspecified atom stereocenters. The van der Waals surface area contributed by atoms with Crippen LogP contribution >= 0.6 is 28.1 Å². The molecule has 0 amide bonds. The minimum absolute atomic E-state index is 0.0210. The first kappa shape index (κ1) is 15.7. The van der Waals surface area contributed by atoms with E-state index < -0.39 is 5.82 Å². The lowest BCUT2D eigenvalue weighted by atomic mass is 10.2. The number of halogens is 2. The highest BCUT2D eigenvalue weighted by Crippen LogP contribution is 2.25. The van der Waals surface area contributed by atoms with E-state index >= 15 is 0 Å². The van der Waals surface area contributed by atoms with E-state index in [1.165, 1.54) is 12.1 Å². The van der Waals surface area contributed by atoms with Crippen LogP contribution in [0.5, 0.6) is 11.5 Å². The third-order valence-corrected chi connectivity index (χ3v) is 3.56. The summed E-state index contributed by atoms with van der Waals surface area (Å²) in [6.07, 6.45) is 0. The molecule has 0 aliphatic rings. The topological polar surface area (TPSA) is 44.5 Å². The molecule has 6 heteroatoms. The summed E-state index contributed by atoms with van der Waals surface area (Å²) in [6, 6.07) is 9.99. The summed E-state index contributed by atoms with van der Waals surface area (Å²) in [5, 5.41) is 0. The fourth-order valence-corrected chi connectivity index (χ4v) is 2.38. The van der Waals surface area contributed by atoms with Gasteiger partial charge in [0, 0.05) is 21.7 Å². The molecule has 0 radical (unpaired) electrons. The Morgan fingerprint density at radius 1 is 1.29 bits per heavy atom. The smallest absolute Gasteiger partial charge is 0.137 e. The molecule has 0 saturated heterocycles. The zero-order valence-corrected chi connectivity index (χ0v) is 13.6. The van der Waals surface area contributed by atoms with Crippen molar-refractivity contribution >= 4 is 33.1 Å². The van der Waals surface area contributed by atoms with Crippen LogP contribution in [-0.4, -0.2) is 12.1 Å². The molecule has 0 bridgehead atoms. The number of hydrogen-bond acceptors (Lipinski definition) is 3. The van der Waals surface area contributed by atoms with Crippen molar-refractivity contribution in [2.45, 2.75) is 6.61 Å². The summed E-state index contributed by atoms with van der Waals surface area (Å²) >= 11 is 8.15. The van der Waals surface area contributed by atoms with Crippen molar-refractivity contribution < 1.29 is 13.9 Å². The van der Waals surface area contributed by atoms with E-state index in [1.807, 2.05) is 18.2 Å². The van der Waals surface area contributed by atoms with Gasteiger partial charge in [-0.3, -0.25) is 0 Å². The van der Waals surface area contributed by atoms with Gasteiger partial charge >= 0.3 is 0 Å². The number of thiocarbonyl (C=S) groups is 1. The summed E-state index contributed by atoms with van der Waals surface area (Å²) in [7, 11) is 1.59. The molecule has 110 valence electrons. The van der Waals surface area contributed by atoms with Crippen LogP contribution in [0.2, 0.25) is 0 Å². The Balaban J connectivity index is 2.15. The maximum absolute atomic E-state index is 13.8. The Bertz CT molecular complexity index is 679. The Kier molecular flexibility index (Phi) is 5.14. The van der Waals surface area contributed by atoms with E-state index in [0.29, 0.717) is 11.5 Å². The van der Waals surface area contributed by atoms with Gasteiger partial charge in [-0.15, -0.1) is 0 Å². The maximum Gasteiger partial charge on any atom is 0.137 e. The molecule has 0 aliphatic carbocycles. The second kappa shape index (κ2) is 6.87. The molecule has 0 aromatic heterocycles. The fraction of sp³-hybridized carbons (Fsp3) is 0.133. The minimum Gasteiger partial charge on any atom is -0.496 e. The molecule has 0 fully saturated rings. The van der Waals surface area contributed by atoms with Crippen LogP contribution in [0.4, 0.5) is 4.39 Å². The summed E-state index contributed by atoms with van der Waals surface area (Å²) < 4.78 is 25.5. The van der Waals surface area contributed by atoms with Gasteiger partial charge in [0.1, 0.15) is 28.9 Å². The van der Waals surface area contributed by atoms with Crippen molar-refractivity contribution in [2.75, 3.05) is 7.11 Å². The van der Waals surface area contributed by atoms with Crippen LogP contribution in [0.3, 0.4) is 0 Å². The van der Waals surface area contributed by atoms with Gasteiger partial charge in [-0.2, -0.15) is 0 Å². The molecule has 2 N–H and O–H groups in total. The summed E-state index contributed by atoms with van der Waals surface area (Å²) in [6.45, 7) is 0.258. The number of benzene rings is 2. The Hall–Kier alpha value is -1.66. The highest BCUT2D eigenvalue weighted by Gasteiger charge is 2.08. The van der Waals surface area contributed by atoms with Crippen LogP contribution < -0.4 is 15.2 Å². The van der Waals surface area contributed by atoms with Crippen molar-refractivity contribution in [3.05, 3.63) is 57.8 Å². The van der Waals surface area contributed by atoms with Gasteiger partial charge < -0.3 is 15.2 Å². The average molecular weight is 370 g/mol. The number of nitrogens with two attached hydrogens (primary N) is 1. The SMILES string of the molecule is COc1ccc(Br)cc1COc1ccc(C(N)=S)c(F)c1. The number of methoxy groups -OCH3 is 1. The summed E-state index contributed by atoms with van der Waals surface area (Å²) in [5.41, 5.74) is 6.47. The number of hydrogen-bond donors (Lipinski definition) is 1. The predicted octanol–water partition coefficient (Wildman–Crippen LogP) is 3.81. The standard InChI is InChI=1S/C15H13BrFNO2S/c1-19-14-5-2-10(16)6-9(14)8-20-11-3-4-12(15(18)21)13(17)7-11/h2-7H,8H2,1H3,(H2,18,21). The molecule has 0 heterocycles. The third kappa shape index (κ3) is 3.92. The second-order valence-corrected chi connectivity index (χ2v) is 5.61. The first-order chi connectivity index (χ1) is 10.0. The van der Waals surface area contributed by atoms with E-state index in [2.05, 4.69) is 15.9 Å². The van der Waals surface area contributed by atoms with Gasteiger partial charge in [0.15, 0.2) is 0 Å². The zero-order valence-electron chi connectivity index (χ0n) is 11.2. The van der Waals surface area contributed by atoms with Crippen molar-refractivity contribution in [3.8, 4) is 11.5 Å². The second-order valence-electron chi connectivity index (χ2n) is 4.25. The monoisotopic (exact) mass is 369 g/mol. The molecule has 0 saturated carbocycles. The maximum atomic E-state index is 13.8. The van der Waals surface area contributed by atoms with Crippen molar-refractivity contribution in [3.63, 3.8) is 0 Å². The third-order valence-electron chi connectivity index (χ3n) is 2.84. The largest absolute Gasteiger partial charge is 0.496 e. The van der Waals surface area contributed by atoms with Crippen LogP contribution in [0, 0.1) is 5.82 Å². The molecular weight excluding hydrogens is 357 g/mol. The minimum atomic E-state index is -0.499. The van der Waals surface area contributed by atoms with Gasteiger partial charge in [-0.25, -0.2) is 4.39 Å². The van der Waals surface area contributed by atoms with Crippen LogP contribution in [0.15, 0.2) is 40.9 Å². The van der Waals surface area contributed by atoms with Crippen LogP contribution in [0.25, 0.3) is 0 Å². The van der Waals surface area contributed by atoms with Crippen molar-refractivity contribution in [1.29, 1.82) is 0 Å². The molecule has 0 aliphatic heterocycles. The van der Waals surface area contributed by atoms with Crippen molar-refractivity contribution in [2.24, 2.45) is 5.73 Å². The molecule has 3 nitrogen and oxygen atoms in total. The van der Waals surface area contributed by atoms with Gasteiger partial charge in [-0.05, 0) is 30.3 Å². The van der Waals surface area contributed by atoms with E-state index in [4.69, 9.17) is 27.4 Å². The van der Waals surface area contributed by atoms with Crippen LogP contribution in [-0.2, 0) is 6.61 Å². The molecule has 2 rings (SSSR count). The van der Waals surface area contributed by atoms with Gasteiger partial charge in [0.05, 0.1) is 7.11 Å². The average Bonchev–Trinajstić information content (AvgIpc) is 2.45. The zero-order chi connectivity index (χ0) is 15.4. The first-order valence-corrected chi connectivity index (χ1v) is 7.26. The Morgan fingerprint density at radius 3 is 2.67 bits per heavy atom. The molecule has 0 spiro atoms. The Labute approximate surface area is 136 Å². The van der Waals surface area contributed by atoms with E-state index in [-0.39, 0.29) is 17.2 Å². The lowest BCUT2D eigenvalue weighted by molar-refractivity contribution is 0.295. The summed E-state index contributed by atoms with van der Waals surface area (Å²) in [5.74, 6) is 0.606. The van der Waals surface area contributed by atoms with E-state index in [9.17, 15) is 4.39 Å². The normalized spacial score (nSPS) is 10.2. The highest BCUT2D eigenvalue weighted by atomic mass is 79.9. The van der Waals surface area contributed by atoms with Gasteiger partial charge in [0.25, 0.3) is 0 Å². The molecular formula is C15H13BrFNO2S. The first-order valence-electron chi connectivity index (χ1n) is 6.06. The Morgan fingerprint density at radius 2 is 2.05 bits per heavy atom. The van der Waals surface area contributed by atoms with E-state index in [0.717, 1.165) is 10.0 Å². The predicted molar refractivity (Wildman–Crippen MR) is 87.3 cm³/mol. The van der Waals surface area contributed by atoms with Gasteiger partial charge in [-0.1, -0.05) is 28.1 Å². The fourth-order valence-electron chi connectivity index (χ4n) is 1.81. The highest BCUT2D eigenvalue weighted by molar-refractivity contribution is 9.10.